The molecule has 0 aliphatic carbocycles. The van der Waals surface area contributed by atoms with Crippen LogP contribution in [0.3, 0.4) is 0 Å². The Morgan fingerprint density at radius 2 is 1.82 bits per heavy atom. The monoisotopic (exact) mass is 397 g/mol. The van der Waals surface area contributed by atoms with E-state index in [4.69, 9.17) is 0 Å². The Morgan fingerprint density at radius 1 is 1.14 bits per heavy atom. The Kier molecular flexibility index (Phi) is 5.62. The van der Waals surface area contributed by atoms with E-state index in [9.17, 15) is 27.6 Å². The number of halogens is 3. The van der Waals surface area contributed by atoms with Gasteiger partial charge in [0, 0.05) is 19.6 Å². The van der Waals surface area contributed by atoms with Gasteiger partial charge in [0.2, 0.25) is 11.8 Å². The topological polar surface area (TPSA) is 69.7 Å². The zero-order valence-electron chi connectivity index (χ0n) is 15.5. The number of likely N-dealkylation sites (tertiary alicyclic amines) is 1. The number of benzene rings is 1. The summed E-state index contributed by atoms with van der Waals surface area (Å²) in [6.45, 7) is 2.32. The third-order valence-electron chi connectivity index (χ3n) is 5.23. The van der Waals surface area contributed by atoms with Crippen LogP contribution in [-0.4, -0.2) is 58.9 Å². The van der Waals surface area contributed by atoms with Crippen molar-refractivity contribution < 1.29 is 27.6 Å². The summed E-state index contributed by atoms with van der Waals surface area (Å²) in [5.41, 5.74) is 2.22. The average molecular weight is 397 g/mol. The number of carbonyl (C=O) groups is 3. The molecule has 3 rings (SSSR count). The average Bonchev–Trinajstić information content (AvgIpc) is 3.15. The van der Waals surface area contributed by atoms with Crippen molar-refractivity contribution in [3.05, 3.63) is 35.4 Å². The molecule has 2 aliphatic rings. The van der Waals surface area contributed by atoms with E-state index in [1.165, 1.54) is 12.5 Å². The van der Waals surface area contributed by atoms with E-state index in [-0.39, 0.29) is 18.9 Å². The van der Waals surface area contributed by atoms with Crippen molar-refractivity contribution in [1.82, 2.24) is 15.1 Å². The maximum absolute atomic E-state index is 12.7. The van der Waals surface area contributed by atoms with E-state index in [0.717, 1.165) is 5.56 Å². The highest BCUT2D eigenvalue weighted by molar-refractivity contribution is 5.93. The largest absolute Gasteiger partial charge is 0.471 e. The van der Waals surface area contributed by atoms with E-state index in [0.29, 0.717) is 30.8 Å². The number of amides is 3. The smallest absolute Gasteiger partial charge is 0.343 e. The number of rotatable bonds is 3. The third kappa shape index (κ3) is 4.13. The minimum Gasteiger partial charge on any atom is -0.343 e. The first-order valence-electron chi connectivity index (χ1n) is 9.22. The highest BCUT2D eigenvalue weighted by atomic mass is 19.4. The van der Waals surface area contributed by atoms with Gasteiger partial charge in [-0.15, -0.1) is 0 Å². The Bertz CT molecular complexity index is 781. The molecule has 1 unspecified atom stereocenters. The van der Waals surface area contributed by atoms with Crippen molar-refractivity contribution in [2.24, 2.45) is 0 Å². The molecule has 1 fully saturated rings. The first kappa shape index (κ1) is 20.2. The molecule has 2 aliphatic heterocycles. The van der Waals surface area contributed by atoms with Crippen molar-refractivity contribution >= 4 is 17.7 Å². The molecule has 6 nitrogen and oxygen atoms in total. The standard InChI is InChI=1S/C19H22F3N3O3/c1-12(17(27)24-10-8-13-5-2-3-6-14(13)11-24)23-16(26)15-7-4-9-25(15)18(28)19(20,21)22/h2-3,5-6,12,15H,4,7-11H2,1H3,(H,23,26)/t12-,15?/m0/s1. The molecule has 0 bridgehead atoms. The lowest BCUT2D eigenvalue weighted by Gasteiger charge is -2.32. The molecule has 3 amide bonds. The fourth-order valence-electron chi connectivity index (χ4n) is 3.77. The van der Waals surface area contributed by atoms with Gasteiger partial charge in [-0.05, 0) is 37.3 Å². The molecule has 0 saturated carbocycles. The lowest BCUT2D eigenvalue weighted by molar-refractivity contribution is -0.186. The summed E-state index contributed by atoms with van der Waals surface area (Å²) in [4.78, 5) is 38.8. The van der Waals surface area contributed by atoms with Gasteiger partial charge >= 0.3 is 12.1 Å². The zero-order chi connectivity index (χ0) is 20.5. The molecule has 1 N–H and O–H groups in total. The molecule has 2 heterocycles. The van der Waals surface area contributed by atoms with E-state index >= 15 is 0 Å². The van der Waals surface area contributed by atoms with E-state index in [2.05, 4.69) is 5.32 Å². The van der Waals surface area contributed by atoms with Gasteiger partial charge in [-0.3, -0.25) is 14.4 Å². The normalized spacial score (nSPS) is 20.5. The van der Waals surface area contributed by atoms with Crippen LogP contribution in [0.5, 0.6) is 0 Å². The molecular weight excluding hydrogens is 375 g/mol. The van der Waals surface area contributed by atoms with Crippen molar-refractivity contribution in [3.8, 4) is 0 Å². The number of hydrogen-bond donors (Lipinski definition) is 1. The quantitative estimate of drug-likeness (QED) is 0.843. The molecule has 9 heteroatoms. The van der Waals surface area contributed by atoms with E-state index in [1.807, 2.05) is 24.3 Å². The maximum Gasteiger partial charge on any atom is 0.471 e. The molecule has 0 aromatic heterocycles. The highest BCUT2D eigenvalue weighted by Crippen LogP contribution is 2.26. The minimum atomic E-state index is -5.02. The number of nitrogens with one attached hydrogen (secondary N) is 1. The Labute approximate surface area is 160 Å². The van der Waals surface area contributed by atoms with Crippen LogP contribution in [0.15, 0.2) is 24.3 Å². The number of fused-ring (bicyclic) bond motifs is 1. The van der Waals surface area contributed by atoms with E-state index < -0.39 is 30.1 Å². The molecule has 1 aromatic carbocycles. The predicted molar refractivity (Wildman–Crippen MR) is 94.0 cm³/mol. The first-order chi connectivity index (χ1) is 13.2. The van der Waals surface area contributed by atoms with Crippen molar-refractivity contribution in [2.45, 2.75) is 51.0 Å². The molecule has 152 valence electrons. The molecule has 0 spiro atoms. The maximum atomic E-state index is 12.7. The molecular formula is C19H22F3N3O3. The van der Waals surface area contributed by atoms with Gasteiger partial charge in [0.1, 0.15) is 12.1 Å². The second-order valence-electron chi connectivity index (χ2n) is 7.16. The lowest BCUT2D eigenvalue weighted by atomic mass is 9.99. The van der Waals surface area contributed by atoms with Crippen LogP contribution in [-0.2, 0) is 27.3 Å². The Morgan fingerprint density at radius 3 is 2.50 bits per heavy atom. The third-order valence-corrected chi connectivity index (χ3v) is 5.23. The number of hydrogen-bond acceptors (Lipinski definition) is 3. The van der Waals surface area contributed by atoms with Crippen LogP contribution in [0.4, 0.5) is 13.2 Å². The second kappa shape index (κ2) is 7.81. The molecule has 28 heavy (non-hydrogen) atoms. The molecule has 1 aromatic rings. The Balaban J connectivity index is 1.61. The fraction of sp³-hybridized carbons (Fsp3) is 0.526. The highest BCUT2D eigenvalue weighted by Gasteiger charge is 2.47. The summed E-state index contributed by atoms with van der Waals surface area (Å²) in [6, 6.07) is 5.69. The van der Waals surface area contributed by atoms with Crippen molar-refractivity contribution in [3.63, 3.8) is 0 Å². The van der Waals surface area contributed by atoms with Gasteiger partial charge in [0.15, 0.2) is 0 Å². The first-order valence-corrected chi connectivity index (χ1v) is 9.22. The van der Waals surface area contributed by atoms with Gasteiger partial charge < -0.3 is 15.1 Å². The number of alkyl halides is 3. The Hall–Kier alpha value is -2.58. The molecule has 1 saturated heterocycles. The van der Waals surface area contributed by atoms with Gasteiger partial charge in [0.25, 0.3) is 0 Å². The second-order valence-corrected chi connectivity index (χ2v) is 7.16. The van der Waals surface area contributed by atoms with Crippen molar-refractivity contribution in [1.29, 1.82) is 0 Å². The van der Waals surface area contributed by atoms with Crippen LogP contribution >= 0.6 is 0 Å². The molecule has 0 radical (unpaired) electrons. The van der Waals surface area contributed by atoms with Crippen LogP contribution in [0, 0.1) is 0 Å². The van der Waals surface area contributed by atoms with Crippen molar-refractivity contribution in [2.75, 3.05) is 13.1 Å². The minimum absolute atomic E-state index is 0.123. The summed E-state index contributed by atoms with van der Waals surface area (Å²) in [5.74, 6) is -3.04. The summed E-state index contributed by atoms with van der Waals surface area (Å²) in [5, 5.41) is 2.49. The summed E-state index contributed by atoms with van der Waals surface area (Å²) in [6.07, 6.45) is -3.86. The summed E-state index contributed by atoms with van der Waals surface area (Å²) < 4.78 is 38.1. The number of carbonyl (C=O) groups excluding carboxylic acids is 3. The molecule has 2 atom stereocenters. The van der Waals surface area contributed by atoms with Gasteiger partial charge in [-0.1, -0.05) is 24.3 Å². The summed E-state index contributed by atoms with van der Waals surface area (Å²) in [7, 11) is 0. The van der Waals surface area contributed by atoms with Gasteiger partial charge in [0.05, 0.1) is 0 Å². The predicted octanol–water partition coefficient (Wildman–Crippen LogP) is 1.63. The zero-order valence-corrected chi connectivity index (χ0v) is 15.5. The fourth-order valence-corrected chi connectivity index (χ4v) is 3.77. The summed E-state index contributed by atoms with van der Waals surface area (Å²) >= 11 is 0. The van der Waals surface area contributed by atoms with Gasteiger partial charge in [-0.2, -0.15) is 13.2 Å². The van der Waals surface area contributed by atoms with E-state index in [1.54, 1.807) is 4.90 Å². The van der Waals surface area contributed by atoms with Crippen LogP contribution < -0.4 is 5.32 Å². The van der Waals surface area contributed by atoms with Crippen LogP contribution in [0.1, 0.15) is 30.9 Å². The number of nitrogens with zero attached hydrogens (tertiary/aromatic N) is 2. The van der Waals surface area contributed by atoms with Crippen LogP contribution in [0.2, 0.25) is 0 Å². The lowest BCUT2D eigenvalue weighted by Crippen LogP contribution is -2.54. The van der Waals surface area contributed by atoms with Crippen LogP contribution in [0.25, 0.3) is 0 Å². The van der Waals surface area contributed by atoms with Gasteiger partial charge in [-0.25, -0.2) is 0 Å². The SMILES string of the molecule is C[C@H](NC(=O)C1CCCN1C(=O)C(F)(F)F)C(=O)N1CCc2ccccc2C1.